The molecule has 0 radical (unpaired) electrons. The number of nitrogens with zero attached hydrogens (tertiary/aromatic N) is 2. The minimum atomic E-state index is -4.67. The van der Waals surface area contributed by atoms with Gasteiger partial charge in [-0.25, -0.2) is 9.97 Å². The highest BCUT2D eigenvalue weighted by Crippen LogP contribution is 2.38. The molecule has 12 heteroatoms. The Balaban J connectivity index is 1.63. The van der Waals surface area contributed by atoms with E-state index in [0.717, 1.165) is 25.1 Å². The maximum absolute atomic E-state index is 13.7. The second-order valence-electron chi connectivity index (χ2n) is 8.39. The number of methoxy groups -OCH3 is 1. The fraction of sp³-hybridized carbons (Fsp3) is 0.333. The van der Waals surface area contributed by atoms with E-state index in [1.807, 2.05) is 0 Å². The van der Waals surface area contributed by atoms with Crippen molar-refractivity contribution in [2.75, 3.05) is 30.2 Å². The Morgan fingerprint density at radius 1 is 1.03 bits per heavy atom. The zero-order chi connectivity index (χ0) is 25.9. The minimum absolute atomic E-state index is 0.0667. The van der Waals surface area contributed by atoms with Crippen molar-refractivity contribution < 1.29 is 26.3 Å². The van der Waals surface area contributed by atoms with Crippen LogP contribution < -0.4 is 15.4 Å². The van der Waals surface area contributed by atoms with Crippen LogP contribution in [0.4, 0.5) is 24.8 Å². The van der Waals surface area contributed by atoms with E-state index in [1.165, 1.54) is 18.2 Å². The van der Waals surface area contributed by atoms with Crippen molar-refractivity contribution in [3.05, 3.63) is 65.7 Å². The quantitative estimate of drug-likeness (QED) is 0.431. The molecule has 4 rings (SSSR count). The average molecular weight is 522 g/mol. The molecule has 2 atom stereocenters. The fourth-order valence-corrected chi connectivity index (χ4v) is 5.03. The lowest BCUT2D eigenvalue weighted by Gasteiger charge is -2.32. The third kappa shape index (κ3) is 5.77. The van der Waals surface area contributed by atoms with Gasteiger partial charge in [-0.15, -0.1) is 0 Å². The first-order valence-corrected chi connectivity index (χ1v) is 12.7. The zero-order valence-corrected chi connectivity index (χ0v) is 20.4. The van der Waals surface area contributed by atoms with Crippen LogP contribution in [-0.4, -0.2) is 50.7 Å². The summed E-state index contributed by atoms with van der Waals surface area (Å²) in [5, 5.41) is 6.14. The summed E-state index contributed by atoms with van der Waals surface area (Å²) in [6.07, 6.45) is -4.03. The van der Waals surface area contributed by atoms with E-state index in [4.69, 9.17) is 4.74 Å². The van der Waals surface area contributed by atoms with Crippen LogP contribution in [0, 0.1) is 6.92 Å². The molecule has 3 aromatic rings. The van der Waals surface area contributed by atoms with Crippen LogP contribution in [0.3, 0.4) is 0 Å². The number of nitrogens with one attached hydrogen (secondary N) is 3. The van der Waals surface area contributed by atoms with E-state index >= 15 is 0 Å². The number of halogens is 3. The van der Waals surface area contributed by atoms with E-state index in [2.05, 4.69) is 25.3 Å². The molecule has 1 aromatic carbocycles. The molecule has 36 heavy (non-hydrogen) atoms. The van der Waals surface area contributed by atoms with Crippen LogP contribution in [0.2, 0.25) is 0 Å². The number of piperidine rings is 1. The molecular weight excluding hydrogens is 495 g/mol. The van der Waals surface area contributed by atoms with Gasteiger partial charge in [-0.1, -0.05) is 30.3 Å². The van der Waals surface area contributed by atoms with Gasteiger partial charge < -0.3 is 15.4 Å². The van der Waals surface area contributed by atoms with Crippen molar-refractivity contribution in [2.45, 2.75) is 36.7 Å². The Morgan fingerprint density at radius 2 is 1.81 bits per heavy atom. The summed E-state index contributed by atoms with van der Waals surface area (Å²) >= 11 is 0. The van der Waals surface area contributed by atoms with Crippen molar-refractivity contribution in [3.8, 4) is 11.3 Å². The molecule has 3 heterocycles. The lowest BCUT2D eigenvalue weighted by Crippen LogP contribution is -2.48. The molecule has 1 saturated heterocycles. The van der Waals surface area contributed by atoms with Gasteiger partial charge in [-0.05, 0) is 49.7 Å². The van der Waals surface area contributed by atoms with E-state index in [-0.39, 0.29) is 34.2 Å². The summed E-state index contributed by atoms with van der Waals surface area (Å²) in [5.74, 6) is 0.0898. The molecule has 0 saturated carbocycles. The number of sulfonamides is 1. The Bertz CT molecular complexity index is 1330. The minimum Gasteiger partial charge on any atom is -0.378 e. The number of aromatic nitrogens is 2. The smallest absolute Gasteiger partial charge is 0.378 e. The van der Waals surface area contributed by atoms with Gasteiger partial charge >= 0.3 is 6.18 Å². The topological polar surface area (TPSA) is 105 Å². The number of pyridine rings is 2. The number of alkyl halides is 3. The van der Waals surface area contributed by atoms with Gasteiger partial charge in [0.05, 0.1) is 23.4 Å². The van der Waals surface area contributed by atoms with Crippen LogP contribution >= 0.6 is 0 Å². The highest BCUT2D eigenvalue weighted by molar-refractivity contribution is 7.92. The van der Waals surface area contributed by atoms with Gasteiger partial charge in [-0.2, -0.15) is 21.6 Å². The number of ether oxygens (including phenoxy) is 1. The second-order valence-corrected chi connectivity index (χ2v) is 10.0. The Hall–Kier alpha value is -3.22. The van der Waals surface area contributed by atoms with Crippen LogP contribution in [0.5, 0.6) is 0 Å². The van der Waals surface area contributed by atoms with Gasteiger partial charge in [0.2, 0.25) is 0 Å². The van der Waals surface area contributed by atoms with Crippen LogP contribution in [0.1, 0.15) is 17.5 Å². The van der Waals surface area contributed by atoms with Gasteiger partial charge in [0.1, 0.15) is 11.6 Å². The number of rotatable bonds is 7. The van der Waals surface area contributed by atoms with Gasteiger partial charge in [0, 0.05) is 19.2 Å². The number of benzene rings is 1. The number of aryl methyl sites for hydroxylation is 1. The summed E-state index contributed by atoms with van der Waals surface area (Å²) < 4.78 is 74.9. The van der Waals surface area contributed by atoms with Crippen molar-refractivity contribution in [1.82, 2.24) is 15.3 Å². The first-order valence-electron chi connectivity index (χ1n) is 11.2. The third-order valence-corrected chi connectivity index (χ3v) is 7.16. The summed E-state index contributed by atoms with van der Waals surface area (Å²) in [7, 11) is -2.64. The third-order valence-electron chi connectivity index (χ3n) is 5.90. The van der Waals surface area contributed by atoms with E-state index in [9.17, 15) is 21.6 Å². The lowest BCUT2D eigenvalue weighted by atomic mass is 10.0. The SMILES string of the molecule is CO[C@H]1CNCC[C@H]1Nc1cccc(S(=O)(=O)Nc2ccc(C(F)(F)F)c(-c3ccccc3C)n2)n1. The molecule has 3 N–H and O–H groups in total. The molecule has 0 unspecified atom stereocenters. The van der Waals surface area contributed by atoms with E-state index < -0.39 is 21.8 Å². The molecule has 0 bridgehead atoms. The lowest BCUT2D eigenvalue weighted by molar-refractivity contribution is -0.137. The largest absolute Gasteiger partial charge is 0.418 e. The highest BCUT2D eigenvalue weighted by Gasteiger charge is 2.35. The molecule has 8 nitrogen and oxygen atoms in total. The Kier molecular flexibility index (Phi) is 7.48. The standard InChI is InChI=1S/C24H26F3N5O3S/c1-15-6-3-4-7-16(15)23-17(24(25,26)27)10-11-21(31-23)32-36(33,34)22-9-5-8-20(30-22)29-18-12-13-28-14-19(18)35-2/h3-11,18-19,28H,12-14H2,1-2H3,(H,29,30)(H,31,32)/t18-,19+/m1/s1. The molecule has 192 valence electrons. The molecule has 0 spiro atoms. The summed E-state index contributed by atoms with van der Waals surface area (Å²) in [5.41, 5.74) is -0.493. The molecule has 1 aliphatic heterocycles. The number of hydrogen-bond acceptors (Lipinski definition) is 7. The monoisotopic (exact) mass is 521 g/mol. The summed E-state index contributed by atoms with van der Waals surface area (Å²) in [6.45, 7) is 3.09. The normalized spacial score (nSPS) is 18.6. The van der Waals surface area contributed by atoms with Crippen LogP contribution in [0.25, 0.3) is 11.3 Å². The predicted octanol–water partition coefficient (Wildman–Crippen LogP) is 4.06. The first kappa shape index (κ1) is 25.9. The molecule has 0 amide bonds. The predicted molar refractivity (Wildman–Crippen MR) is 130 cm³/mol. The van der Waals surface area contributed by atoms with Crippen molar-refractivity contribution in [1.29, 1.82) is 0 Å². The Labute approximate surface area is 207 Å². The summed E-state index contributed by atoms with van der Waals surface area (Å²) in [6, 6.07) is 12.7. The summed E-state index contributed by atoms with van der Waals surface area (Å²) in [4.78, 5) is 8.25. The van der Waals surface area contributed by atoms with Gasteiger partial charge in [0.15, 0.2) is 5.03 Å². The van der Waals surface area contributed by atoms with E-state index in [1.54, 1.807) is 38.3 Å². The molecule has 1 fully saturated rings. The van der Waals surface area contributed by atoms with Gasteiger partial charge in [0.25, 0.3) is 10.0 Å². The van der Waals surface area contributed by atoms with Gasteiger partial charge in [-0.3, -0.25) is 4.72 Å². The second kappa shape index (κ2) is 10.4. The van der Waals surface area contributed by atoms with Crippen molar-refractivity contribution in [2.24, 2.45) is 0 Å². The molecular formula is C24H26F3N5O3S. The Morgan fingerprint density at radius 3 is 2.53 bits per heavy atom. The van der Waals surface area contributed by atoms with E-state index in [0.29, 0.717) is 17.9 Å². The average Bonchev–Trinajstić information content (AvgIpc) is 2.84. The number of hydrogen-bond donors (Lipinski definition) is 3. The number of anilines is 2. The first-order chi connectivity index (χ1) is 17.1. The maximum Gasteiger partial charge on any atom is 0.418 e. The van der Waals surface area contributed by atoms with Crippen LogP contribution in [0.15, 0.2) is 59.6 Å². The maximum atomic E-state index is 13.7. The van der Waals surface area contributed by atoms with Crippen molar-refractivity contribution in [3.63, 3.8) is 0 Å². The molecule has 0 aliphatic carbocycles. The highest BCUT2D eigenvalue weighted by atomic mass is 32.2. The molecule has 2 aromatic heterocycles. The fourth-order valence-electron chi connectivity index (χ4n) is 4.06. The van der Waals surface area contributed by atoms with Crippen LogP contribution in [-0.2, 0) is 20.9 Å². The molecule has 1 aliphatic rings. The van der Waals surface area contributed by atoms with Crippen molar-refractivity contribution >= 4 is 21.7 Å². The zero-order valence-electron chi connectivity index (χ0n) is 19.6.